The minimum absolute atomic E-state index is 0.0781. The van der Waals surface area contributed by atoms with E-state index in [1.807, 2.05) is 4.90 Å². The van der Waals surface area contributed by atoms with Gasteiger partial charge in [-0.3, -0.25) is 9.59 Å². The molecule has 31 heavy (non-hydrogen) atoms. The molecule has 0 aromatic carbocycles. The topological polar surface area (TPSA) is 84.4 Å². The molecule has 0 bridgehead atoms. The summed E-state index contributed by atoms with van der Waals surface area (Å²) in [4.78, 5) is 28.4. The zero-order chi connectivity index (χ0) is 21.8. The quantitative estimate of drug-likeness (QED) is 0.551. The van der Waals surface area contributed by atoms with Crippen molar-refractivity contribution in [1.29, 1.82) is 0 Å². The molecule has 3 heterocycles. The van der Waals surface area contributed by atoms with Crippen molar-refractivity contribution in [2.75, 3.05) is 32.7 Å². The van der Waals surface area contributed by atoms with Crippen LogP contribution in [0.15, 0.2) is 34.5 Å². The number of nitrogens with one attached hydrogen (secondary N) is 1. The second kappa shape index (κ2) is 7.78. The monoisotopic (exact) mass is 429 g/mol. The van der Waals surface area contributed by atoms with E-state index in [1.54, 1.807) is 12.1 Å². The van der Waals surface area contributed by atoms with Crippen molar-refractivity contribution in [2.24, 2.45) is 23.2 Å². The zero-order valence-corrected chi connectivity index (χ0v) is 18.4. The van der Waals surface area contributed by atoms with E-state index in [9.17, 15) is 14.7 Å². The summed E-state index contributed by atoms with van der Waals surface area (Å²) in [5.41, 5.74) is 1.00. The van der Waals surface area contributed by atoms with E-state index < -0.39 is 6.10 Å². The summed E-state index contributed by atoms with van der Waals surface area (Å²) in [6.45, 7) is 7.89. The number of furan rings is 1. The molecule has 6 atom stereocenters. The van der Waals surface area contributed by atoms with Gasteiger partial charge in [0.15, 0.2) is 5.76 Å². The highest BCUT2D eigenvalue weighted by molar-refractivity contribution is 5.91. The van der Waals surface area contributed by atoms with E-state index in [2.05, 4.69) is 19.9 Å². The highest BCUT2D eigenvalue weighted by Crippen LogP contribution is 2.55. The summed E-state index contributed by atoms with van der Waals surface area (Å²) in [6.07, 6.45) is 5.88. The zero-order valence-electron chi connectivity index (χ0n) is 18.4. The Balaban J connectivity index is 1.26. The number of amides is 1. The molecule has 7 nitrogen and oxygen atoms in total. The van der Waals surface area contributed by atoms with E-state index >= 15 is 0 Å². The van der Waals surface area contributed by atoms with Crippen LogP contribution in [0.25, 0.3) is 0 Å². The van der Waals surface area contributed by atoms with Crippen molar-refractivity contribution in [3.05, 3.63) is 35.8 Å². The van der Waals surface area contributed by atoms with Crippen molar-refractivity contribution in [3.63, 3.8) is 0 Å². The van der Waals surface area contributed by atoms with Crippen molar-refractivity contribution >= 4 is 11.9 Å². The first-order chi connectivity index (χ1) is 14.9. The van der Waals surface area contributed by atoms with E-state index in [-0.39, 0.29) is 35.2 Å². The molecular weight excluding hydrogens is 396 g/mol. The Morgan fingerprint density at radius 1 is 1.35 bits per heavy atom. The number of hydrogen-bond donors (Lipinski definition) is 2. The van der Waals surface area contributed by atoms with E-state index in [1.165, 1.54) is 16.7 Å². The molecule has 4 aliphatic rings. The molecule has 2 saturated heterocycles. The van der Waals surface area contributed by atoms with Crippen LogP contribution in [0.3, 0.4) is 0 Å². The highest BCUT2D eigenvalue weighted by Gasteiger charge is 2.60. The van der Waals surface area contributed by atoms with Crippen molar-refractivity contribution < 1.29 is 28.7 Å². The summed E-state index contributed by atoms with van der Waals surface area (Å²) in [7, 11) is 0. The third-order valence-electron chi connectivity index (χ3n) is 8.57. The Bertz CT molecular complexity index is 873. The van der Waals surface area contributed by atoms with E-state index in [0.29, 0.717) is 31.3 Å². The van der Waals surface area contributed by atoms with Crippen LogP contribution in [-0.2, 0) is 9.53 Å². The predicted molar refractivity (Wildman–Crippen MR) is 112 cm³/mol. The standard InChI is InChI=1S/C24H32N2O5/c1-15-5-3-6-16-13-19-20(21(27)24(15,16)2)17(23(29)31-19)14-25-8-10-26(11-9-25)22(28)18-7-4-12-30-18/h4,6-7,12,15,17,19-21,27H,3,5,8-11,13-14H2,1-2H3/p+1/t15-,17+,19-,20-,21-,24-/m1/s1. The predicted octanol–water partition coefficient (Wildman–Crippen LogP) is 0.905. The van der Waals surface area contributed by atoms with Gasteiger partial charge >= 0.3 is 5.97 Å². The molecule has 2 aliphatic heterocycles. The summed E-state index contributed by atoms with van der Waals surface area (Å²) in [6, 6.07) is 3.41. The number of carbonyl (C=O) groups is 2. The van der Waals surface area contributed by atoms with Gasteiger partial charge in [-0.05, 0) is 30.9 Å². The average Bonchev–Trinajstić information content (AvgIpc) is 3.39. The molecule has 5 rings (SSSR count). The lowest BCUT2D eigenvalue weighted by Gasteiger charge is -2.51. The minimum Gasteiger partial charge on any atom is -0.461 e. The maximum absolute atomic E-state index is 12.8. The first kappa shape index (κ1) is 20.8. The van der Waals surface area contributed by atoms with Gasteiger partial charge in [0.1, 0.15) is 12.0 Å². The molecule has 1 saturated carbocycles. The van der Waals surface area contributed by atoms with E-state index in [4.69, 9.17) is 9.15 Å². The molecule has 168 valence electrons. The summed E-state index contributed by atoms with van der Waals surface area (Å²) in [5.74, 6) is 0.0927. The third-order valence-corrected chi connectivity index (χ3v) is 8.57. The summed E-state index contributed by atoms with van der Waals surface area (Å²) < 4.78 is 11.0. The maximum atomic E-state index is 12.8. The normalized spacial score (nSPS) is 38.3. The van der Waals surface area contributed by atoms with Gasteiger partial charge in [-0.15, -0.1) is 0 Å². The van der Waals surface area contributed by atoms with Crippen LogP contribution in [0.4, 0.5) is 0 Å². The van der Waals surface area contributed by atoms with Crippen molar-refractivity contribution in [2.45, 2.75) is 45.3 Å². The van der Waals surface area contributed by atoms with Gasteiger partial charge in [0.05, 0.1) is 45.1 Å². The number of hydrogen-bond acceptors (Lipinski definition) is 5. The highest BCUT2D eigenvalue weighted by atomic mass is 16.6. The minimum atomic E-state index is -0.564. The van der Waals surface area contributed by atoms with Gasteiger partial charge in [0.2, 0.25) is 0 Å². The Morgan fingerprint density at radius 2 is 2.13 bits per heavy atom. The van der Waals surface area contributed by atoms with Gasteiger partial charge in [0.25, 0.3) is 5.91 Å². The lowest BCUT2D eigenvalue weighted by molar-refractivity contribution is -0.906. The number of allylic oxidation sites excluding steroid dienone is 1. The van der Waals surface area contributed by atoms with E-state index in [0.717, 1.165) is 32.4 Å². The van der Waals surface area contributed by atoms with Gasteiger partial charge in [-0.1, -0.05) is 25.5 Å². The fraction of sp³-hybridized carbons (Fsp3) is 0.667. The third kappa shape index (κ3) is 3.33. The van der Waals surface area contributed by atoms with Gasteiger partial charge < -0.3 is 24.1 Å². The Morgan fingerprint density at radius 3 is 2.84 bits per heavy atom. The second-order valence-corrected chi connectivity index (χ2v) is 10.0. The molecule has 3 fully saturated rings. The summed E-state index contributed by atoms with van der Waals surface area (Å²) >= 11 is 0. The van der Waals surface area contributed by atoms with Crippen molar-refractivity contribution in [3.8, 4) is 0 Å². The van der Waals surface area contributed by atoms with Crippen LogP contribution in [0.2, 0.25) is 0 Å². The molecule has 2 N–H and O–H groups in total. The van der Waals surface area contributed by atoms with Gasteiger partial charge in [-0.25, -0.2) is 0 Å². The smallest absolute Gasteiger partial charge is 0.315 e. The largest absolute Gasteiger partial charge is 0.461 e. The Kier molecular flexibility index (Phi) is 5.21. The molecule has 2 aliphatic carbocycles. The number of rotatable bonds is 3. The molecule has 1 aromatic rings. The first-order valence-electron chi connectivity index (χ1n) is 11.6. The molecule has 1 aromatic heterocycles. The van der Waals surface area contributed by atoms with Crippen LogP contribution < -0.4 is 4.90 Å². The first-order valence-corrected chi connectivity index (χ1v) is 11.6. The number of fused-ring (bicyclic) bond motifs is 2. The van der Waals surface area contributed by atoms with Crippen LogP contribution in [0, 0.1) is 23.2 Å². The van der Waals surface area contributed by atoms with Gasteiger partial charge in [0, 0.05) is 17.8 Å². The lowest BCUT2D eigenvalue weighted by atomic mass is 9.55. The number of nitrogens with zero attached hydrogens (tertiary/aromatic N) is 1. The maximum Gasteiger partial charge on any atom is 0.315 e. The molecule has 7 heteroatoms. The van der Waals surface area contributed by atoms with Crippen LogP contribution >= 0.6 is 0 Å². The fourth-order valence-corrected chi connectivity index (χ4v) is 6.39. The Labute approximate surface area is 183 Å². The summed E-state index contributed by atoms with van der Waals surface area (Å²) in [5, 5.41) is 11.5. The second-order valence-electron chi connectivity index (χ2n) is 10.0. The number of ether oxygens (including phenoxy) is 1. The SMILES string of the molecule is C[C@@H]1CCC=C2C[C@H]3OC(=O)[C@@H](C[NH+]4CCN(C(=O)c5ccco5)CC4)[C@H]3[C@@H](O)[C@@]21C. The van der Waals surface area contributed by atoms with Crippen LogP contribution in [0.5, 0.6) is 0 Å². The molecule has 0 radical (unpaired) electrons. The average molecular weight is 430 g/mol. The number of piperazine rings is 1. The lowest BCUT2D eigenvalue weighted by Crippen LogP contribution is -3.15. The van der Waals surface area contributed by atoms with Crippen LogP contribution in [0.1, 0.15) is 43.7 Å². The molecule has 0 spiro atoms. The van der Waals surface area contributed by atoms with Gasteiger partial charge in [-0.2, -0.15) is 0 Å². The van der Waals surface area contributed by atoms with Crippen LogP contribution in [-0.4, -0.2) is 66.8 Å². The molecule has 1 amide bonds. The number of esters is 1. The number of carbonyl (C=O) groups excluding carboxylic acids is 2. The molecule has 0 unspecified atom stereocenters. The fourth-order valence-electron chi connectivity index (χ4n) is 6.39. The molecular formula is C24H33N2O5+. The Hall–Kier alpha value is -2.12. The van der Waals surface area contributed by atoms with Crippen molar-refractivity contribution in [1.82, 2.24) is 4.90 Å². The number of aliphatic hydroxyl groups is 1. The number of quaternary nitrogens is 1. The number of aliphatic hydroxyl groups excluding tert-OH is 1.